The Morgan fingerprint density at radius 1 is 1.21 bits per heavy atom. The lowest BCUT2D eigenvalue weighted by Crippen LogP contribution is -2.35. The normalized spacial score (nSPS) is 24.8. The van der Waals surface area contributed by atoms with Crippen molar-refractivity contribution >= 4 is 5.69 Å². The summed E-state index contributed by atoms with van der Waals surface area (Å²) in [6, 6.07) is 8.73. The van der Waals surface area contributed by atoms with Crippen molar-refractivity contribution < 1.29 is 0 Å². The number of rotatable bonds is 4. The maximum absolute atomic E-state index is 3.74. The van der Waals surface area contributed by atoms with Gasteiger partial charge in [0.25, 0.3) is 0 Å². The first-order valence-electron chi connectivity index (χ1n) is 7.80. The zero-order valence-corrected chi connectivity index (χ0v) is 12.0. The average molecular weight is 258 g/mol. The van der Waals surface area contributed by atoms with E-state index in [9.17, 15) is 0 Å². The molecule has 1 saturated carbocycles. The summed E-state index contributed by atoms with van der Waals surface area (Å²) in [6.45, 7) is 5.84. The number of fused-ring (bicyclic) bond motifs is 1. The fourth-order valence-electron chi connectivity index (χ4n) is 3.67. The maximum atomic E-state index is 3.74. The van der Waals surface area contributed by atoms with Crippen LogP contribution in [0.2, 0.25) is 0 Å². The van der Waals surface area contributed by atoms with Gasteiger partial charge in [-0.2, -0.15) is 0 Å². The average Bonchev–Trinajstić information content (AvgIpc) is 2.83. The highest BCUT2D eigenvalue weighted by Gasteiger charge is 2.27. The molecule has 1 heterocycles. The van der Waals surface area contributed by atoms with Crippen LogP contribution in [0.5, 0.6) is 0 Å². The lowest BCUT2D eigenvalue weighted by atomic mass is 9.75. The highest BCUT2D eigenvalue weighted by molar-refractivity contribution is 5.57. The maximum Gasteiger partial charge on any atom is 0.0376 e. The summed E-state index contributed by atoms with van der Waals surface area (Å²) in [5, 5.41) is 7.25. The summed E-state index contributed by atoms with van der Waals surface area (Å²) in [5.74, 6) is 0.642. The van der Waals surface area contributed by atoms with E-state index in [0.717, 1.165) is 13.1 Å². The molecule has 0 amide bonds. The van der Waals surface area contributed by atoms with Gasteiger partial charge in [0.2, 0.25) is 0 Å². The predicted octanol–water partition coefficient (Wildman–Crippen LogP) is 3.76. The second kappa shape index (κ2) is 5.54. The van der Waals surface area contributed by atoms with Crippen molar-refractivity contribution in [3.63, 3.8) is 0 Å². The molecule has 1 unspecified atom stereocenters. The Hall–Kier alpha value is -1.02. The summed E-state index contributed by atoms with van der Waals surface area (Å²) >= 11 is 0. The minimum absolute atomic E-state index is 0.545. The molecule has 0 spiro atoms. The molecule has 0 bridgehead atoms. The number of hydrogen-bond donors (Lipinski definition) is 2. The summed E-state index contributed by atoms with van der Waals surface area (Å²) in [4.78, 5) is 0. The standard InChI is InChI=1S/C17H26N2/c1-17(9-5-2-6-10-17)13-18-11-14-12-19-16-8-4-3-7-15(14)16/h3-4,7-8,14,18-19H,2,5-6,9-13H2,1H3. The largest absolute Gasteiger partial charge is 0.384 e. The second-order valence-corrected chi connectivity index (χ2v) is 6.67. The van der Waals surface area contributed by atoms with Crippen LogP contribution in [0, 0.1) is 5.41 Å². The Balaban J connectivity index is 1.51. The zero-order valence-electron chi connectivity index (χ0n) is 12.0. The molecule has 3 rings (SSSR count). The van der Waals surface area contributed by atoms with Crippen LogP contribution >= 0.6 is 0 Å². The van der Waals surface area contributed by atoms with Crippen molar-refractivity contribution in [1.29, 1.82) is 0 Å². The first kappa shape index (κ1) is 13.0. The number of para-hydroxylation sites is 1. The lowest BCUT2D eigenvalue weighted by molar-refractivity contribution is 0.207. The van der Waals surface area contributed by atoms with Gasteiger partial charge < -0.3 is 10.6 Å². The molecule has 2 heteroatoms. The zero-order chi connectivity index (χ0) is 13.1. The SMILES string of the molecule is CC1(CNCC2CNc3ccccc32)CCCCC1. The molecule has 1 aromatic carbocycles. The Morgan fingerprint density at radius 2 is 2.00 bits per heavy atom. The molecule has 1 aliphatic heterocycles. The molecule has 2 aliphatic rings. The molecule has 2 N–H and O–H groups in total. The Kier molecular flexibility index (Phi) is 3.79. The minimum atomic E-state index is 0.545. The van der Waals surface area contributed by atoms with E-state index in [1.807, 2.05) is 0 Å². The van der Waals surface area contributed by atoms with Gasteiger partial charge in [-0.3, -0.25) is 0 Å². The Morgan fingerprint density at radius 3 is 2.84 bits per heavy atom. The topological polar surface area (TPSA) is 24.1 Å². The van der Waals surface area contributed by atoms with E-state index in [-0.39, 0.29) is 0 Å². The van der Waals surface area contributed by atoms with Crippen molar-refractivity contribution in [2.24, 2.45) is 5.41 Å². The Bertz CT molecular complexity index is 421. The van der Waals surface area contributed by atoms with E-state index in [1.165, 1.54) is 49.9 Å². The van der Waals surface area contributed by atoms with E-state index >= 15 is 0 Å². The van der Waals surface area contributed by atoms with Crippen molar-refractivity contribution in [1.82, 2.24) is 5.32 Å². The predicted molar refractivity (Wildman–Crippen MR) is 81.7 cm³/mol. The highest BCUT2D eigenvalue weighted by Crippen LogP contribution is 2.35. The number of benzene rings is 1. The number of hydrogen-bond acceptors (Lipinski definition) is 2. The monoisotopic (exact) mass is 258 g/mol. The van der Waals surface area contributed by atoms with Gasteiger partial charge in [0.05, 0.1) is 0 Å². The minimum Gasteiger partial charge on any atom is -0.384 e. The molecule has 0 radical (unpaired) electrons. The molecule has 2 nitrogen and oxygen atoms in total. The highest BCUT2D eigenvalue weighted by atomic mass is 15.0. The van der Waals surface area contributed by atoms with Crippen LogP contribution in [-0.2, 0) is 0 Å². The summed E-state index contributed by atoms with van der Waals surface area (Å²) in [7, 11) is 0. The van der Waals surface area contributed by atoms with Crippen LogP contribution in [0.15, 0.2) is 24.3 Å². The third kappa shape index (κ3) is 2.94. The van der Waals surface area contributed by atoms with E-state index in [4.69, 9.17) is 0 Å². The van der Waals surface area contributed by atoms with Crippen LogP contribution in [0.3, 0.4) is 0 Å². The second-order valence-electron chi connectivity index (χ2n) is 6.67. The Labute approximate surface area is 117 Å². The smallest absolute Gasteiger partial charge is 0.0376 e. The number of anilines is 1. The van der Waals surface area contributed by atoms with Crippen molar-refractivity contribution in [3.8, 4) is 0 Å². The van der Waals surface area contributed by atoms with Crippen LogP contribution in [0.25, 0.3) is 0 Å². The molecule has 19 heavy (non-hydrogen) atoms. The molecule has 0 saturated heterocycles. The summed E-state index contributed by atoms with van der Waals surface area (Å²) < 4.78 is 0. The van der Waals surface area contributed by atoms with Gasteiger partial charge in [0.15, 0.2) is 0 Å². The lowest BCUT2D eigenvalue weighted by Gasteiger charge is -2.34. The molecule has 1 fully saturated rings. The first-order chi connectivity index (χ1) is 9.27. The van der Waals surface area contributed by atoms with E-state index in [0.29, 0.717) is 11.3 Å². The fraction of sp³-hybridized carbons (Fsp3) is 0.647. The van der Waals surface area contributed by atoms with E-state index in [1.54, 1.807) is 0 Å². The molecule has 0 aromatic heterocycles. The molecule has 1 aliphatic carbocycles. The van der Waals surface area contributed by atoms with Crippen molar-refractivity contribution in [3.05, 3.63) is 29.8 Å². The molecule has 1 aromatic rings. The first-order valence-corrected chi connectivity index (χ1v) is 7.80. The third-order valence-corrected chi connectivity index (χ3v) is 4.94. The van der Waals surface area contributed by atoms with Gasteiger partial charge in [0.1, 0.15) is 0 Å². The molecule has 1 atom stereocenters. The quantitative estimate of drug-likeness (QED) is 0.859. The fourth-order valence-corrected chi connectivity index (χ4v) is 3.67. The third-order valence-electron chi connectivity index (χ3n) is 4.94. The van der Waals surface area contributed by atoms with Crippen LogP contribution in [0.1, 0.15) is 50.5 Å². The van der Waals surface area contributed by atoms with Crippen molar-refractivity contribution in [2.75, 3.05) is 25.0 Å². The number of nitrogens with one attached hydrogen (secondary N) is 2. The van der Waals surface area contributed by atoms with Crippen LogP contribution in [0.4, 0.5) is 5.69 Å². The van der Waals surface area contributed by atoms with Crippen molar-refractivity contribution in [2.45, 2.75) is 44.9 Å². The van der Waals surface area contributed by atoms with E-state index < -0.39 is 0 Å². The summed E-state index contributed by atoms with van der Waals surface area (Å²) in [5.41, 5.74) is 3.37. The molecular weight excluding hydrogens is 232 g/mol. The van der Waals surface area contributed by atoms with Gasteiger partial charge in [0, 0.05) is 31.2 Å². The van der Waals surface area contributed by atoms with Gasteiger partial charge in [-0.25, -0.2) is 0 Å². The molecular formula is C17H26N2. The summed E-state index contributed by atoms with van der Waals surface area (Å²) in [6.07, 6.45) is 7.09. The van der Waals surface area contributed by atoms with Gasteiger partial charge in [-0.1, -0.05) is 44.4 Å². The van der Waals surface area contributed by atoms with Gasteiger partial charge >= 0.3 is 0 Å². The van der Waals surface area contributed by atoms with Gasteiger partial charge in [-0.15, -0.1) is 0 Å². The van der Waals surface area contributed by atoms with E-state index in [2.05, 4.69) is 41.8 Å². The van der Waals surface area contributed by atoms with Crippen LogP contribution in [-0.4, -0.2) is 19.6 Å². The van der Waals surface area contributed by atoms with Gasteiger partial charge in [-0.05, 0) is 29.9 Å². The molecule has 104 valence electrons. The van der Waals surface area contributed by atoms with Crippen LogP contribution < -0.4 is 10.6 Å².